The van der Waals surface area contributed by atoms with E-state index in [1.54, 1.807) is 4.90 Å². The summed E-state index contributed by atoms with van der Waals surface area (Å²) in [6.45, 7) is 5.17. The lowest BCUT2D eigenvalue weighted by atomic mass is 9.86. The molecule has 1 saturated carbocycles. The third kappa shape index (κ3) is 3.06. The molecule has 0 bridgehead atoms. The number of urea groups is 1. The summed E-state index contributed by atoms with van der Waals surface area (Å²) < 4.78 is 5.49. The van der Waals surface area contributed by atoms with E-state index in [1.807, 2.05) is 13.8 Å². The van der Waals surface area contributed by atoms with Gasteiger partial charge in [0, 0.05) is 13.1 Å². The van der Waals surface area contributed by atoms with Gasteiger partial charge in [-0.25, -0.2) is 4.79 Å². The van der Waals surface area contributed by atoms with Gasteiger partial charge in [-0.2, -0.15) is 0 Å². The molecular weight excluding hydrogens is 260 g/mol. The molecule has 2 atom stereocenters. The molecule has 0 aromatic carbocycles. The zero-order valence-corrected chi connectivity index (χ0v) is 12.2. The molecule has 2 fully saturated rings. The first kappa shape index (κ1) is 15.1. The molecule has 0 aromatic heterocycles. The van der Waals surface area contributed by atoms with Crippen molar-refractivity contribution in [1.29, 1.82) is 0 Å². The fourth-order valence-electron chi connectivity index (χ4n) is 3.05. The minimum absolute atomic E-state index is 0.0237. The number of carboxylic acids is 1. The van der Waals surface area contributed by atoms with Gasteiger partial charge in [-0.3, -0.25) is 4.79 Å². The van der Waals surface area contributed by atoms with E-state index >= 15 is 0 Å². The molecule has 6 nitrogen and oxygen atoms in total. The van der Waals surface area contributed by atoms with E-state index in [4.69, 9.17) is 4.74 Å². The summed E-state index contributed by atoms with van der Waals surface area (Å²) in [5, 5.41) is 12.2. The Morgan fingerprint density at radius 3 is 2.60 bits per heavy atom. The predicted molar refractivity (Wildman–Crippen MR) is 73.5 cm³/mol. The van der Waals surface area contributed by atoms with Gasteiger partial charge in [-0.15, -0.1) is 0 Å². The lowest BCUT2D eigenvalue weighted by Crippen LogP contribution is -2.55. The summed E-state index contributed by atoms with van der Waals surface area (Å²) >= 11 is 0. The first-order valence-corrected chi connectivity index (χ1v) is 7.34. The Labute approximate surface area is 119 Å². The fraction of sp³-hybridized carbons (Fsp3) is 0.857. The third-order valence-electron chi connectivity index (χ3n) is 4.46. The molecular formula is C14H24N2O4. The second kappa shape index (κ2) is 5.99. The van der Waals surface area contributed by atoms with Crippen molar-refractivity contribution in [2.45, 2.75) is 51.7 Å². The fourth-order valence-corrected chi connectivity index (χ4v) is 3.05. The van der Waals surface area contributed by atoms with Crippen LogP contribution in [0.3, 0.4) is 0 Å². The van der Waals surface area contributed by atoms with Crippen LogP contribution in [0.5, 0.6) is 0 Å². The summed E-state index contributed by atoms with van der Waals surface area (Å²) in [5.74, 6) is -0.793. The first-order valence-electron chi connectivity index (χ1n) is 7.34. The maximum atomic E-state index is 12.2. The van der Waals surface area contributed by atoms with E-state index in [0.717, 1.165) is 12.8 Å². The maximum absolute atomic E-state index is 12.2. The molecule has 0 radical (unpaired) electrons. The zero-order chi connectivity index (χ0) is 14.8. The van der Waals surface area contributed by atoms with Crippen LogP contribution >= 0.6 is 0 Å². The van der Waals surface area contributed by atoms with Crippen LogP contribution in [0.15, 0.2) is 0 Å². The predicted octanol–water partition coefficient (Wildman–Crippen LogP) is 1.45. The van der Waals surface area contributed by atoms with Crippen LogP contribution < -0.4 is 5.32 Å². The quantitative estimate of drug-likeness (QED) is 0.822. The van der Waals surface area contributed by atoms with Crippen LogP contribution in [-0.4, -0.2) is 53.8 Å². The average Bonchev–Trinajstić information content (AvgIpc) is 2.89. The third-order valence-corrected chi connectivity index (χ3v) is 4.46. The Hall–Kier alpha value is -1.30. The second-order valence-corrected chi connectivity index (χ2v) is 6.10. The molecule has 0 spiro atoms. The number of ether oxygens (including phenoxy) is 1. The van der Waals surface area contributed by atoms with Gasteiger partial charge in [-0.05, 0) is 26.7 Å². The summed E-state index contributed by atoms with van der Waals surface area (Å²) in [6.07, 6.45) is 3.17. The number of carbonyl (C=O) groups excluding carboxylic acids is 1. The number of amides is 2. The Bertz CT molecular complexity index is 379. The lowest BCUT2D eigenvalue weighted by molar-refractivity contribution is -0.148. The Balaban J connectivity index is 1.92. The minimum atomic E-state index is -0.793. The van der Waals surface area contributed by atoms with Crippen molar-refractivity contribution in [3.63, 3.8) is 0 Å². The number of morpholine rings is 1. The van der Waals surface area contributed by atoms with E-state index < -0.39 is 11.4 Å². The van der Waals surface area contributed by atoms with Gasteiger partial charge in [0.25, 0.3) is 0 Å². The average molecular weight is 284 g/mol. The van der Waals surface area contributed by atoms with Crippen LogP contribution in [0.2, 0.25) is 0 Å². The summed E-state index contributed by atoms with van der Waals surface area (Å²) in [7, 11) is 0. The SMILES string of the molecule is CC1CN(C(=O)NCC2(C(=O)O)CCCC2)C(C)CO1. The van der Waals surface area contributed by atoms with Crippen LogP contribution in [0.25, 0.3) is 0 Å². The molecule has 2 aliphatic rings. The van der Waals surface area contributed by atoms with Crippen molar-refractivity contribution >= 4 is 12.0 Å². The molecule has 1 heterocycles. The van der Waals surface area contributed by atoms with Crippen molar-refractivity contribution in [2.75, 3.05) is 19.7 Å². The van der Waals surface area contributed by atoms with Crippen LogP contribution in [0.4, 0.5) is 4.79 Å². The highest BCUT2D eigenvalue weighted by Crippen LogP contribution is 2.37. The van der Waals surface area contributed by atoms with Crippen molar-refractivity contribution in [3.8, 4) is 0 Å². The molecule has 1 aliphatic heterocycles. The number of nitrogens with zero attached hydrogens (tertiary/aromatic N) is 1. The Morgan fingerprint density at radius 2 is 2.00 bits per heavy atom. The standard InChI is InChI=1S/C14H24N2O4/c1-10-8-20-11(2)7-16(10)13(19)15-9-14(12(17)18)5-3-4-6-14/h10-11H,3-9H2,1-2H3,(H,15,19)(H,17,18). The van der Waals surface area contributed by atoms with E-state index in [1.165, 1.54) is 0 Å². The highest BCUT2D eigenvalue weighted by molar-refractivity contribution is 5.78. The number of hydrogen-bond acceptors (Lipinski definition) is 3. The summed E-state index contributed by atoms with van der Waals surface area (Å²) in [6, 6.07) is -0.157. The van der Waals surface area contributed by atoms with E-state index in [0.29, 0.717) is 26.0 Å². The van der Waals surface area contributed by atoms with Gasteiger partial charge >= 0.3 is 12.0 Å². The van der Waals surface area contributed by atoms with Gasteiger partial charge in [-0.1, -0.05) is 12.8 Å². The highest BCUT2D eigenvalue weighted by atomic mass is 16.5. The van der Waals surface area contributed by atoms with Crippen molar-refractivity contribution in [1.82, 2.24) is 10.2 Å². The number of hydrogen-bond donors (Lipinski definition) is 2. The highest BCUT2D eigenvalue weighted by Gasteiger charge is 2.42. The molecule has 114 valence electrons. The molecule has 6 heteroatoms. The number of nitrogens with one attached hydrogen (secondary N) is 1. The number of rotatable bonds is 3. The second-order valence-electron chi connectivity index (χ2n) is 6.10. The van der Waals surface area contributed by atoms with Crippen LogP contribution in [-0.2, 0) is 9.53 Å². The van der Waals surface area contributed by atoms with Crippen molar-refractivity contribution < 1.29 is 19.4 Å². The zero-order valence-electron chi connectivity index (χ0n) is 12.2. The number of aliphatic carboxylic acids is 1. The topological polar surface area (TPSA) is 78.9 Å². The molecule has 2 N–H and O–H groups in total. The van der Waals surface area contributed by atoms with E-state index in [-0.39, 0.29) is 24.7 Å². The summed E-state index contributed by atoms with van der Waals surface area (Å²) in [5.41, 5.74) is -0.767. The van der Waals surface area contributed by atoms with Gasteiger partial charge in [0.2, 0.25) is 0 Å². The van der Waals surface area contributed by atoms with Gasteiger partial charge < -0.3 is 20.1 Å². The molecule has 0 aromatic rings. The monoisotopic (exact) mass is 284 g/mol. The summed E-state index contributed by atoms with van der Waals surface area (Å²) in [4.78, 5) is 25.4. The smallest absolute Gasteiger partial charge is 0.317 e. The van der Waals surface area contributed by atoms with E-state index in [2.05, 4.69) is 5.32 Å². The molecule has 2 amide bonds. The van der Waals surface area contributed by atoms with Gasteiger partial charge in [0.1, 0.15) is 0 Å². The Kier molecular flexibility index (Phi) is 4.52. The molecule has 1 aliphatic carbocycles. The van der Waals surface area contributed by atoms with Gasteiger partial charge in [0.15, 0.2) is 0 Å². The van der Waals surface area contributed by atoms with Crippen molar-refractivity contribution in [3.05, 3.63) is 0 Å². The minimum Gasteiger partial charge on any atom is -0.481 e. The maximum Gasteiger partial charge on any atom is 0.317 e. The molecule has 1 saturated heterocycles. The lowest BCUT2D eigenvalue weighted by Gasteiger charge is -2.37. The molecule has 2 unspecified atom stereocenters. The van der Waals surface area contributed by atoms with Crippen LogP contribution in [0.1, 0.15) is 39.5 Å². The molecule has 20 heavy (non-hydrogen) atoms. The number of carboxylic acid groups (broad SMARTS) is 1. The largest absolute Gasteiger partial charge is 0.481 e. The van der Waals surface area contributed by atoms with E-state index in [9.17, 15) is 14.7 Å². The Morgan fingerprint density at radius 1 is 1.35 bits per heavy atom. The first-order chi connectivity index (χ1) is 9.44. The van der Waals surface area contributed by atoms with Crippen molar-refractivity contribution in [2.24, 2.45) is 5.41 Å². The molecule has 2 rings (SSSR count). The normalized spacial score (nSPS) is 29.2. The van der Waals surface area contributed by atoms with Gasteiger partial charge in [0.05, 0.1) is 24.2 Å². The number of carbonyl (C=O) groups is 2. The van der Waals surface area contributed by atoms with Crippen LogP contribution in [0, 0.1) is 5.41 Å².